The number of nitrogens with two attached hydrogens (primary N) is 1. The van der Waals surface area contributed by atoms with Gasteiger partial charge in [0.1, 0.15) is 0 Å². The molecule has 1 aliphatic carbocycles. The maximum absolute atomic E-state index is 5.63. The summed E-state index contributed by atoms with van der Waals surface area (Å²) >= 11 is 0. The zero-order chi connectivity index (χ0) is 7.56. The van der Waals surface area contributed by atoms with Crippen molar-refractivity contribution in [2.24, 2.45) is 17.6 Å². The molecule has 0 aromatic rings. The first-order valence-electron chi connectivity index (χ1n) is 4.14. The van der Waals surface area contributed by atoms with Gasteiger partial charge in [0.2, 0.25) is 0 Å². The van der Waals surface area contributed by atoms with Crippen LogP contribution >= 0.6 is 0 Å². The molecule has 0 bridgehead atoms. The summed E-state index contributed by atoms with van der Waals surface area (Å²) in [5, 5.41) is 0. The van der Waals surface area contributed by atoms with Crippen molar-refractivity contribution >= 4 is 0 Å². The lowest BCUT2D eigenvalue weighted by Crippen LogP contribution is -2.18. The number of rotatable bonds is 1. The van der Waals surface area contributed by atoms with Crippen LogP contribution in [0.25, 0.3) is 0 Å². The fourth-order valence-electron chi connectivity index (χ4n) is 1.77. The van der Waals surface area contributed by atoms with Crippen LogP contribution in [0, 0.1) is 11.8 Å². The van der Waals surface area contributed by atoms with Gasteiger partial charge in [-0.2, -0.15) is 0 Å². The van der Waals surface area contributed by atoms with Crippen LogP contribution in [-0.4, -0.2) is 0 Å². The Morgan fingerprint density at radius 3 is 2.60 bits per heavy atom. The van der Waals surface area contributed by atoms with Gasteiger partial charge in [-0.3, -0.25) is 0 Å². The standard InChI is InChI=1S/C9H17N/c1-7-4-3-5-9(6-7)8(2)10/h7,9H,2-6,10H2,1H3. The van der Waals surface area contributed by atoms with E-state index < -0.39 is 0 Å². The van der Waals surface area contributed by atoms with Crippen molar-refractivity contribution < 1.29 is 0 Å². The summed E-state index contributed by atoms with van der Waals surface area (Å²) in [6.07, 6.45) is 5.24. The third kappa shape index (κ3) is 1.76. The third-order valence-electron chi connectivity index (χ3n) is 2.46. The average molecular weight is 139 g/mol. The summed E-state index contributed by atoms with van der Waals surface area (Å²) in [5.74, 6) is 1.47. The first kappa shape index (κ1) is 7.64. The highest BCUT2D eigenvalue weighted by Crippen LogP contribution is 2.30. The molecule has 0 aromatic carbocycles. The van der Waals surface area contributed by atoms with E-state index in [-0.39, 0.29) is 0 Å². The van der Waals surface area contributed by atoms with Crippen LogP contribution in [0.1, 0.15) is 32.6 Å². The van der Waals surface area contributed by atoms with Crippen LogP contribution < -0.4 is 5.73 Å². The predicted molar refractivity (Wildman–Crippen MR) is 44.4 cm³/mol. The largest absolute Gasteiger partial charge is 0.402 e. The fourth-order valence-corrected chi connectivity index (χ4v) is 1.77. The lowest BCUT2D eigenvalue weighted by Gasteiger charge is -2.26. The summed E-state index contributed by atoms with van der Waals surface area (Å²) in [4.78, 5) is 0. The van der Waals surface area contributed by atoms with Gasteiger partial charge in [-0.1, -0.05) is 26.3 Å². The van der Waals surface area contributed by atoms with Gasteiger partial charge in [0, 0.05) is 5.70 Å². The molecule has 0 saturated heterocycles. The van der Waals surface area contributed by atoms with Gasteiger partial charge in [-0.05, 0) is 24.7 Å². The van der Waals surface area contributed by atoms with Gasteiger partial charge in [0.15, 0.2) is 0 Å². The summed E-state index contributed by atoms with van der Waals surface area (Å²) < 4.78 is 0. The van der Waals surface area contributed by atoms with Crippen molar-refractivity contribution in [2.45, 2.75) is 32.6 Å². The van der Waals surface area contributed by atoms with Crippen molar-refractivity contribution in [2.75, 3.05) is 0 Å². The normalized spacial score (nSPS) is 33.7. The minimum absolute atomic E-state index is 0.615. The maximum atomic E-state index is 5.63. The van der Waals surface area contributed by atoms with E-state index in [1.165, 1.54) is 25.7 Å². The highest BCUT2D eigenvalue weighted by molar-refractivity contribution is 4.96. The molecule has 0 radical (unpaired) electrons. The Balaban J connectivity index is 2.39. The molecular formula is C9H17N. The Bertz CT molecular complexity index is 129. The second kappa shape index (κ2) is 3.09. The van der Waals surface area contributed by atoms with E-state index in [0.717, 1.165) is 11.6 Å². The quantitative estimate of drug-likeness (QED) is 0.592. The van der Waals surface area contributed by atoms with Crippen molar-refractivity contribution in [1.82, 2.24) is 0 Å². The molecule has 1 saturated carbocycles. The second-order valence-electron chi connectivity index (χ2n) is 3.54. The molecular weight excluding hydrogens is 122 g/mol. The molecule has 0 spiro atoms. The Kier molecular flexibility index (Phi) is 2.36. The molecule has 1 nitrogen and oxygen atoms in total. The summed E-state index contributed by atoms with van der Waals surface area (Å²) in [6, 6.07) is 0. The SMILES string of the molecule is C=C(N)C1CCCC(C)C1. The maximum Gasteiger partial charge on any atom is 0.00391 e. The smallest absolute Gasteiger partial charge is 0.00391 e. The molecule has 0 aromatic heterocycles. The molecule has 0 aliphatic heterocycles. The molecule has 1 heteroatoms. The van der Waals surface area contributed by atoms with Crippen LogP contribution in [0.5, 0.6) is 0 Å². The minimum Gasteiger partial charge on any atom is -0.402 e. The molecule has 2 unspecified atom stereocenters. The van der Waals surface area contributed by atoms with Crippen molar-refractivity contribution in [3.63, 3.8) is 0 Å². The van der Waals surface area contributed by atoms with Crippen molar-refractivity contribution in [3.8, 4) is 0 Å². The van der Waals surface area contributed by atoms with Crippen LogP contribution in [0.15, 0.2) is 12.3 Å². The van der Waals surface area contributed by atoms with Crippen LogP contribution in [0.2, 0.25) is 0 Å². The van der Waals surface area contributed by atoms with Crippen LogP contribution in [0.3, 0.4) is 0 Å². The lowest BCUT2D eigenvalue weighted by molar-refractivity contribution is 0.313. The molecule has 0 heterocycles. The van der Waals surface area contributed by atoms with Crippen LogP contribution in [-0.2, 0) is 0 Å². The molecule has 0 amide bonds. The van der Waals surface area contributed by atoms with Gasteiger partial charge < -0.3 is 5.73 Å². The Hall–Kier alpha value is -0.460. The molecule has 2 N–H and O–H groups in total. The fraction of sp³-hybridized carbons (Fsp3) is 0.778. The van der Waals surface area contributed by atoms with Crippen molar-refractivity contribution in [3.05, 3.63) is 12.3 Å². The number of hydrogen-bond donors (Lipinski definition) is 1. The summed E-state index contributed by atoms with van der Waals surface area (Å²) in [7, 11) is 0. The first-order valence-corrected chi connectivity index (χ1v) is 4.14. The summed E-state index contributed by atoms with van der Waals surface area (Å²) in [6.45, 7) is 6.09. The first-order chi connectivity index (χ1) is 4.70. The molecule has 58 valence electrons. The number of allylic oxidation sites excluding steroid dienone is 1. The van der Waals surface area contributed by atoms with E-state index in [9.17, 15) is 0 Å². The van der Waals surface area contributed by atoms with E-state index in [4.69, 9.17) is 5.73 Å². The van der Waals surface area contributed by atoms with E-state index in [0.29, 0.717) is 5.92 Å². The van der Waals surface area contributed by atoms with Gasteiger partial charge in [0.05, 0.1) is 0 Å². The monoisotopic (exact) mass is 139 g/mol. The van der Waals surface area contributed by atoms with Gasteiger partial charge in [-0.25, -0.2) is 0 Å². The Labute approximate surface area is 63.3 Å². The molecule has 1 fully saturated rings. The zero-order valence-corrected chi connectivity index (χ0v) is 6.77. The average Bonchev–Trinajstić information content (AvgIpc) is 1.88. The van der Waals surface area contributed by atoms with Gasteiger partial charge in [-0.15, -0.1) is 0 Å². The second-order valence-corrected chi connectivity index (χ2v) is 3.54. The Morgan fingerprint density at radius 2 is 2.20 bits per heavy atom. The highest BCUT2D eigenvalue weighted by atomic mass is 14.6. The topological polar surface area (TPSA) is 26.0 Å². The van der Waals surface area contributed by atoms with E-state index >= 15 is 0 Å². The molecule has 1 aliphatic rings. The predicted octanol–water partition coefficient (Wildman–Crippen LogP) is 2.29. The third-order valence-corrected chi connectivity index (χ3v) is 2.46. The summed E-state index contributed by atoms with van der Waals surface area (Å²) in [5.41, 5.74) is 6.53. The van der Waals surface area contributed by atoms with E-state index in [2.05, 4.69) is 13.5 Å². The number of hydrogen-bond acceptors (Lipinski definition) is 1. The van der Waals surface area contributed by atoms with Gasteiger partial charge in [0.25, 0.3) is 0 Å². The highest BCUT2D eigenvalue weighted by Gasteiger charge is 2.19. The molecule has 10 heavy (non-hydrogen) atoms. The van der Waals surface area contributed by atoms with Crippen LogP contribution in [0.4, 0.5) is 0 Å². The van der Waals surface area contributed by atoms with E-state index in [1.54, 1.807) is 0 Å². The van der Waals surface area contributed by atoms with Gasteiger partial charge >= 0.3 is 0 Å². The van der Waals surface area contributed by atoms with E-state index in [1.807, 2.05) is 0 Å². The zero-order valence-electron chi connectivity index (χ0n) is 6.77. The Morgan fingerprint density at radius 1 is 1.50 bits per heavy atom. The van der Waals surface area contributed by atoms with Crippen molar-refractivity contribution in [1.29, 1.82) is 0 Å². The lowest BCUT2D eigenvalue weighted by atomic mass is 9.81. The molecule has 1 rings (SSSR count). The molecule has 2 atom stereocenters. The minimum atomic E-state index is 0.615.